The van der Waals surface area contributed by atoms with Gasteiger partial charge in [-0.3, -0.25) is 4.79 Å². The zero-order valence-electron chi connectivity index (χ0n) is 11.6. The highest BCUT2D eigenvalue weighted by Gasteiger charge is 2.04. The fourth-order valence-electron chi connectivity index (χ4n) is 1.78. The second-order valence-corrected chi connectivity index (χ2v) is 5.67. The van der Waals surface area contributed by atoms with Crippen molar-refractivity contribution in [3.63, 3.8) is 0 Å². The van der Waals surface area contributed by atoms with Crippen LogP contribution in [-0.2, 0) is 16.1 Å². The van der Waals surface area contributed by atoms with Gasteiger partial charge in [0, 0.05) is 16.4 Å². The van der Waals surface area contributed by atoms with Gasteiger partial charge in [0.15, 0.2) is 6.61 Å². The van der Waals surface area contributed by atoms with Gasteiger partial charge in [-0.05, 0) is 64.6 Å². The molecule has 0 aliphatic carbocycles. The molecule has 0 spiro atoms. The fraction of sp³-hybridized carbons (Fsp3) is 0.188. The standard InChI is InChI=1S/C16H16INO3/c1-20-10-12-3-2-4-14(9-12)18-16(19)11-21-15-7-5-13(17)6-8-15/h2-9H,10-11H2,1H3,(H,18,19). The molecule has 0 aliphatic rings. The van der Waals surface area contributed by atoms with Gasteiger partial charge in [-0.15, -0.1) is 0 Å². The predicted octanol–water partition coefficient (Wildman–Crippen LogP) is 3.46. The molecular weight excluding hydrogens is 381 g/mol. The van der Waals surface area contributed by atoms with Crippen molar-refractivity contribution < 1.29 is 14.3 Å². The van der Waals surface area contributed by atoms with E-state index < -0.39 is 0 Å². The number of hydrogen-bond acceptors (Lipinski definition) is 3. The Kier molecular flexibility index (Phi) is 6.01. The first-order chi connectivity index (χ1) is 10.2. The largest absolute Gasteiger partial charge is 0.484 e. The minimum atomic E-state index is -0.192. The Morgan fingerprint density at radius 1 is 1.19 bits per heavy atom. The number of ether oxygens (including phenoxy) is 2. The summed E-state index contributed by atoms with van der Waals surface area (Å²) < 4.78 is 11.6. The molecule has 0 fully saturated rings. The molecule has 1 amide bonds. The Morgan fingerprint density at radius 2 is 1.95 bits per heavy atom. The molecule has 0 atom stereocenters. The molecule has 2 rings (SSSR count). The van der Waals surface area contributed by atoms with Crippen molar-refractivity contribution >= 4 is 34.2 Å². The van der Waals surface area contributed by atoms with Crippen molar-refractivity contribution in [3.05, 3.63) is 57.7 Å². The van der Waals surface area contributed by atoms with E-state index in [1.807, 2.05) is 48.5 Å². The molecule has 0 radical (unpaired) electrons. The molecular formula is C16H16INO3. The van der Waals surface area contributed by atoms with Gasteiger partial charge in [0.1, 0.15) is 5.75 Å². The summed E-state index contributed by atoms with van der Waals surface area (Å²) in [6.07, 6.45) is 0. The summed E-state index contributed by atoms with van der Waals surface area (Å²) in [6, 6.07) is 15.1. The van der Waals surface area contributed by atoms with Gasteiger partial charge >= 0.3 is 0 Å². The summed E-state index contributed by atoms with van der Waals surface area (Å²) in [6.45, 7) is 0.498. The van der Waals surface area contributed by atoms with Crippen LogP contribution in [0, 0.1) is 3.57 Å². The van der Waals surface area contributed by atoms with E-state index in [-0.39, 0.29) is 12.5 Å². The second-order valence-electron chi connectivity index (χ2n) is 4.42. The van der Waals surface area contributed by atoms with E-state index in [0.717, 1.165) is 14.8 Å². The third-order valence-electron chi connectivity index (χ3n) is 2.71. The van der Waals surface area contributed by atoms with Crippen LogP contribution in [0.15, 0.2) is 48.5 Å². The molecule has 2 aromatic carbocycles. The third-order valence-corrected chi connectivity index (χ3v) is 3.42. The molecule has 21 heavy (non-hydrogen) atoms. The third kappa shape index (κ3) is 5.35. The Morgan fingerprint density at radius 3 is 2.67 bits per heavy atom. The number of anilines is 1. The van der Waals surface area contributed by atoms with Crippen LogP contribution < -0.4 is 10.1 Å². The molecule has 0 saturated carbocycles. The Balaban J connectivity index is 1.86. The normalized spacial score (nSPS) is 10.2. The minimum Gasteiger partial charge on any atom is -0.484 e. The maximum absolute atomic E-state index is 11.9. The molecule has 110 valence electrons. The molecule has 1 N–H and O–H groups in total. The predicted molar refractivity (Wildman–Crippen MR) is 90.4 cm³/mol. The highest BCUT2D eigenvalue weighted by molar-refractivity contribution is 14.1. The van der Waals surface area contributed by atoms with Crippen LogP contribution in [0.5, 0.6) is 5.75 Å². The number of amides is 1. The average molecular weight is 397 g/mol. The molecule has 4 nitrogen and oxygen atoms in total. The van der Waals surface area contributed by atoms with Crippen molar-refractivity contribution in [1.82, 2.24) is 0 Å². The lowest BCUT2D eigenvalue weighted by Gasteiger charge is -2.08. The summed E-state index contributed by atoms with van der Waals surface area (Å²) in [5, 5.41) is 2.80. The summed E-state index contributed by atoms with van der Waals surface area (Å²) in [4.78, 5) is 11.9. The topological polar surface area (TPSA) is 47.6 Å². The summed E-state index contributed by atoms with van der Waals surface area (Å²) in [5.41, 5.74) is 1.75. The van der Waals surface area contributed by atoms with E-state index in [2.05, 4.69) is 27.9 Å². The van der Waals surface area contributed by atoms with Crippen molar-refractivity contribution in [3.8, 4) is 5.75 Å². The maximum atomic E-state index is 11.9. The van der Waals surface area contributed by atoms with Crippen LogP contribution in [0.2, 0.25) is 0 Å². The first kappa shape index (κ1) is 15.8. The van der Waals surface area contributed by atoms with Crippen molar-refractivity contribution in [1.29, 1.82) is 0 Å². The number of benzene rings is 2. The summed E-state index contributed by atoms with van der Waals surface area (Å²) >= 11 is 2.22. The van der Waals surface area contributed by atoms with E-state index in [0.29, 0.717) is 12.4 Å². The molecule has 0 aliphatic heterocycles. The number of hydrogen-bond donors (Lipinski definition) is 1. The van der Waals surface area contributed by atoms with E-state index in [1.54, 1.807) is 7.11 Å². The summed E-state index contributed by atoms with van der Waals surface area (Å²) in [7, 11) is 1.64. The number of halogens is 1. The monoisotopic (exact) mass is 397 g/mol. The minimum absolute atomic E-state index is 0.0188. The fourth-order valence-corrected chi connectivity index (χ4v) is 2.14. The Hall–Kier alpha value is -1.60. The molecule has 0 saturated heterocycles. The average Bonchev–Trinajstić information content (AvgIpc) is 2.47. The van der Waals surface area contributed by atoms with Gasteiger partial charge < -0.3 is 14.8 Å². The van der Waals surface area contributed by atoms with Crippen LogP contribution in [-0.4, -0.2) is 19.6 Å². The number of methoxy groups -OCH3 is 1. The smallest absolute Gasteiger partial charge is 0.262 e. The van der Waals surface area contributed by atoms with Gasteiger partial charge in [-0.2, -0.15) is 0 Å². The highest BCUT2D eigenvalue weighted by Crippen LogP contribution is 2.14. The van der Waals surface area contributed by atoms with Crippen molar-refractivity contribution in [2.24, 2.45) is 0 Å². The van der Waals surface area contributed by atoms with Crippen LogP contribution in [0.25, 0.3) is 0 Å². The number of carbonyl (C=O) groups excluding carboxylic acids is 1. The lowest BCUT2D eigenvalue weighted by atomic mass is 10.2. The molecule has 0 bridgehead atoms. The van der Waals surface area contributed by atoms with Crippen molar-refractivity contribution in [2.45, 2.75) is 6.61 Å². The molecule has 0 heterocycles. The maximum Gasteiger partial charge on any atom is 0.262 e. The van der Waals surface area contributed by atoms with Crippen LogP contribution in [0.4, 0.5) is 5.69 Å². The zero-order chi connectivity index (χ0) is 15.1. The number of carbonyl (C=O) groups is 1. The van der Waals surface area contributed by atoms with Crippen molar-refractivity contribution in [2.75, 3.05) is 19.0 Å². The molecule has 5 heteroatoms. The quantitative estimate of drug-likeness (QED) is 0.760. The van der Waals surface area contributed by atoms with Crippen LogP contribution >= 0.6 is 22.6 Å². The number of nitrogens with one attached hydrogen (secondary N) is 1. The van der Waals surface area contributed by atoms with E-state index in [9.17, 15) is 4.79 Å². The van der Waals surface area contributed by atoms with Gasteiger partial charge in [-0.1, -0.05) is 12.1 Å². The highest BCUT2D eigenvalue weighted by atomic mass is 127. The SMILES string of the molecule is COCc1cccc(NC(=O)COc2ccc(I)cc2)c1. The Labute approximate surface area is 137 Å². The van der Waals surface area contributed by atoms with E-state index in [4.69, 9.17) is 9.47 Å². The van der Waals surface area contributed by atoms with Gasteiger partial charge in [0.25, 0.3) is 5.91 Å². The molecule has 0 aromatic heterocycles. The van der Waals surface area contributed by atoms with Gasteiger partial charge in [0.2, 0.25) is 0 Å². The Bertz CT molecular complexity index is 599. The second kappa shape index (κ2) is 7.99. The summed E-state index contributed by atoms with van der Waals surface area (Å²) in [5.74, 6) is 0.488. The number of rotatable bonds is 6. The van der Waals surface area contributed by atoms with Gasteiger partial charge in [-0.25, -0.2) is 0 Å². The molecule has 0 unspecified atom stereocenters. The first-order valence-electron chi connectivity index (χ1n) is 6.43. The lowest BCUT2D eigenvalue weighted by Crippen LogP contribution is -2.20. The zero-order valence-corrected chi connectivity index (χ0v) is 13.8. The van der Waals surface area contributed by atoms with E-state index in [1.165, 1.54) is 0 Å². The molecule has 2 aromatic rings. The van der Waals surface area contributed by atoms with E-state index >= 15 is 0 Å². The first-order valence-corrected chi connectivity index (χ1v) is 7.51. The van der Waals surface area contributed by atoms with Crippen LogP contribution in [0.3, 0.4) is 0 Å². The van der Waals surface area contributed by atoms with Crippen LogP contribution in [0.1, 0.15) is 5.56 Å². The van der Waals surface area contributed by atoms with Gasteiger partial charge in [0.05, 0.1) is 6.61 Å². The lowest BCUT2D eigenvalue weighted by molar-refractivity contribution is -0.118.